The van der Waals surface area contributed by atoms with Crippen LogP contribution in [0.4, 0.5) is 23.1 Å². The van der Waals surface area contributed by atoms with Crippen molar-refractivity contribution in [2.24, 2.45) is 5.92 Å². The number of sulfonamides is 1. The fourth-order valence-corrected chi connectivity index (χ4v) is 4.44. The van der Waals surface area contributed by atoms with Gasteiger partial charge < -0.3 is 15.4 Å². The second-order valence-corrected chi connectivity index (χ2v) is 10.3. The van der Waals surface area contributed by atoms with Gasteiger partial charge in [0.25, 0.3) is 0 Å². The molecule has 11 heteroatoms. The molecule has 1 aliphatic rings. The highest BCUT2D eigenvalue weighted by atomic mass is 32.2. The molecular weight excluding hydrogens is 478 g/mol. The van der Waals surface area contributed by atoms with Crippen molar-refractivity contribution >= 4 is 33.2 Å². The number of hydrogen-bond acceptors (Lipinski definition) is 9. The highest BCUT2D eigenvalue weighted by molar-refractivity contribution is 7.89. The van der Waals surface area contributed by atoms with Crippen molar-refractivity contribution in [3.8, 4) is 11.5 Å². The summed E-state index contributed by atoms with van der Waals surface area (Å²) < 4.78 is 33.2. The lowest BCUT2D eigenvalue weighted by Gasteiger charge is -2.12. The molecule has 0 amide bonds. The van der Waals surface area contributed by atoms with E-state index >= 15 is 0 Å². The van der Waals surface area contributed by atoms with Crippen molar-refractivity contribution in [3.05, 3.63) is 79.0 Å². The number of rotatable bonds is 10. The third-order valence-electron chi connectivity index (χ3n) is 5.54. The molecule has 0 spiro atoms. The summed E-state index contributed by atoms with van der Waals surface area (Å²) in [5.74, 6) is 2.71. The first kappa shape index (κ1) is 23.6. The minimum atomic E-state index is -3.51. The lowest BCUT2D eigenvalue weighted by molar-refractivity contribution is 0.477. The Morgan fingerprint density at radius 3 is 2.25 bits per heavy atom. The number of ether oxygens (including phenoxy) is 1. The number of aryl methyl sites for hydroxylation is 1. The molecule has 2 aromatic carbocycles. The molecule has 4 aromatic rings. The first-order chi connectivity index (χ1) is 17.4. The molecular formula is C25H25N7O3S. The van der Waals surface area contributed by atoms with E-state index in [9.17, 15) is 8.42 Å². The summed E-state index contributed by atoms with van der Waals surface area (Å²) in [5.41, 5.74) is 2.37. The van der Waals surface area contributed by atoms with Gasteiger partial charge in [-0.15, -0.1) is 0 Å². The van der Waals surface area contributed by atoms with Crippen LogP contribution in [0, 0.1) is 12.8 Å². The summed E-state index contributed by atoms with van der Waals surface area (Å²) in [6, 6.07) is 13.9. The molecule has 1 aliphatic carbocycles. The Kier molecular flexibility index (Phi) is 6.74. The monoisotopic (exact) mass is 503 g/mol. The zero-order valence-electron chi connectivity index (χ0n) is 19.5. The zero-order valence-corrected chi connectivity index (χ0v) is 20.4. The summed E-state index contributed by atoms with van der Waals surface area (Å²) >= 11 is 0. The predicted octanol–water partition coefficient (Wildman–Crippen LogP) is 4.54. The molecule has 0 saturated heterocycles. The van der Waals surface area contributed by atoms with Crippen molar-refractivity contribution in [1.82, 2.24) is 24.7 Å². The molecule has 0 aliphatic heterocycles. The molecule has 184 valence electrons. The SMILES string of the molecule is Cc1cnc(Nc2ccc(S(=O)(=O)NCC3CC3)cc2)nc1Nc1ccc(Oc2cncnc2)cc1. The maximum atomic E-state index is 12.4. The molecule has 0 bridgehead atoms. The topological polar surface area (TPSA) is 131 Å². The average Bonchev–Trinajstić information content (AvgIpc) is 3.72. The van der Waals surface area contributed by atoms with Gasteiger partial charge in [0.15, 0.2) is 5.75 Å². The molecule has 36 heavy (non-hydrogen) atoms. The summed E-state index contributed by atoms with van der Waals surface area (Å²) in [4.78, 5) is 17.0. The van der Waals surface area contributed by atoms with Crippen LogP contribution in [0.2, 0.25) is 0 Å². The lowest BCUT2D eigenvalue weighted by Crippen LogP contribution is -2.25. The molecule has 0 atom stereocenters. The van der Waals surface area contributed by atoms with Crippen LogP contribution in [-0.4, -0.2) is 34.9 Å². The molecule has 5 rings (SSSR count). The highest BCUT2D eigenvalue weighted by Gasteiger charge is 2.24. The lowest BCUT2D eigenvalue weighted by atomic mass is 10.2. The molecule has 1 saturated carbocycles. The van der Waals surface area contributed by atoms with Crippen LogP contribution in [0.25, 0.3) is 0 Å². The fraction of sp³-hybridized carbons (Fsp3) is 0.200. The summed E-state index contributed by atoms with van der Waals surface area (Å²) in [5, 5.41) is 6.41. The van der Waals surface area contributed by atoms with Crippen LogP contribution in [-0.2, 0) is 10.0 Å². The van der Waals surface area contributed by atoms with E-state index in [4.69, 9.17) is 4.74 Å². The molecule has 0 radical (unpaired) electrons. The van der Waals surface area contributed by atoms with Crippen LogP contribution >= 0.6 is 0 Å². The quantitative estimate of drug-likeness (QED) is 0.285. The number of nitrogens with zero attached hydrogens (tertiary/aromatic N) is 4. The first-order valence-corrected chi connectivity index (χ1v) is 12.9. The van der Waals surface area contributed by atoms with Crippen LogP contribution < -0.4 is 20.1 Å². The Labute approximate surface area is 209 Å². The Balaban J connectivity index is 1.23. The number of benzene rings is 2. The number of hydrogen-bond donors (Lipinski definition) is 3. The van der Waals surface area contributed by atoms with E-state index in [1.807, 2.05) is 31.2 Å². The van der Waals surface area contributed by atoms with E-state index in [1.54, 1.807) is 42.9 Å². The van der Waals surface area contributed by atoms with E-state index < -0.39 is 10.0 Å². The van der Waals surface area contributed by atoms with Crippen LogP contribution in [0.15, 0.2) is 78.3 Å². The molecule has 10 nitrogen and oxygen atoms in total. The number of nitrogens with one attached hydrogen (secondary N) is 3. The van der Waals surface area contributed by atoms with Gasteiger partial charge in [-0.2, -0.15) is 4.98 Å². The summed E-state index contributed by atoms with van der Waals surface area (Å²) in [7, 11) is -3.51. The second-order valence-electron chi connectivity index (χ2n) is 8.50. The minimum absolute atomic E-state index is 0.230. The van der Waals surface area contributed by atoms with Crippen molar-refractivity contribution in [2.75, 3.05) is 17.2 Å². The number of aromatic nitrogens is 4. The van der Waals surface area contributed by atoms with Gasteiger partial charge in [0, 0.05) is 29.7 Å². The standard InChI is InChI=1S/C25H25N7O3S/c1-17-12-28-25(31-20-6-10-23(11-7-20)36(33,34)29-13-18-2-3-18)32-24(17)30-19-4-8-21(9-5-19)35-22-14-26-16-27-15-22/h4-12,14-16,18,29H,2-3,13H2,1H3,(H2,28,30,31,32). The van der Waals surface area contributed by atoms with Gasteiger partial charge in [-0.1, -0.05) is 0 Å². The van der Waals surface area contributed by atoms with Crippen molar-refractivity contribution in [1.29, 1.82) is 0 Å². The fourth-order valence-electron chi connectivity index (χ4n) is 3.33. The van der Waals surface area contributed by atoms with Gasteiger partial charge in [-0.05, 0) is 74.2 Å². The first-order valence-electron chi connectivity index (χ1n) is 11.4. The third-order valence-corrected chi connectivity index (χ3v) is 6.98. The van der Waals surface area contributed by atoms with E-state index in [0.29, 0.717) is 41.4 Å². The van der Waals surface area contributed by atoms with E-state index in [1.165, 1.54) is 6.33 Å². The zero-order chi connectivity index (χ0) is 25.0. The van der Waals surface area contributed by atoms with Gasteiger partial charge in [0.05, 0.1) is 17.3 Å². The number of anilines is 4. The Bertz CT molecular complexity index is 1430. The highest BCUT2D eigenvalue weighted by Crippen LogP contribution is 2.28. The molecule has 2 heterocycles. The maximum absolute atomic E-state index is 12.4. The smallest absolute Gasteiger partial charge is 0.240 e. The molecule has 1 fully saturated rings. The van der Waals surface area contributed by atoms with Crippen molar-refractivity contribution < 1.29 is 13.2 Å². The van der Waals surface area contributed by atoms with E-state index in [2.05, 4.69) is 35.3 Å². The normalized spacial score (nSPS) is 13.2. The third kappa shape index (κ3) is 6.12. The average molecular weight is 504 g/mol. The molecule has 0 unspecified atom stereocenters. The van der Waals surface area contributed by atoms with E-state index in [0.717, 1.165) is 24.1 Å². The molecule has 3 N–H and O–H groups in total. The van der Waals surface area contributed by atoms with Crippen LogP contribution in [0.1, 0.15) is 18.4 Å². The van der Waals surface area contributed by atoms with Gasteiger partial charge in [-0.3, -0.25) is 0 Å². The molecule has 2 aromatic heterocycles. The van der Waals surface area contributed by atoms with E-state index in [-0.39, 0.29) is 4.90 Å². The van der Waals surface area contributed by atoms with Crippen LogP contribution in [0.5, 0.6) is 11.5 Å². The van der Waals surface area contributed by atoms with Crippen molar-refractivity contribution in [2.45, 2.75) is 24.7 Å². The van der Waals surface area contributed by atoms with Crippen molar-refractivity contribution in [3.63, 3.8) is 0 Å². The van der Waals surface area contributed by atoms with Gasteiger partial charge in [0.1, 0.15) is 17.9 Å². The van der Waals surface area contributed by atoms with Crippen LogP contribution in [0.3, 0.4) is 0 Å². The predicted molar refractivity (Wildman–Crippen MR) is 136 cm³/mol. The van der Waals surface area contributed by atoms with Gasteiger partial charge in [0.2, 0.25) is 16.0 Å². The summed E-state index contributed by atoms with van der Waals surface area (Å²) in [6.45, 7) is 2.40. The maximum Gasteiger partial charge on any atom is 0.240 e. The Morgan fingerprint density at radius 1 is 0.889 bits per heavy atom. The Morgan fingerprint density at radius 2 is 1.56 bits per heavy atom. The second kappa shape index (κ2) is 10.3. The summed E-state index contributed by atoms with van der Waals surface area (Å²) in [6.07, 6.45) is 8.52. The Hall–Kier alpha value is -4.09. The largest absolute Gasteiger partial charge is 0.454 e. The minimum Gasteiger partial charge on any atom is -0.454 e. The van der Waals surface area contributed by atoms with Gasteiger partial charge >= 0.3 is 0 Å². The van der Waals surface area contributed by atoms with Gasteiger partial charge in [-0.25, -0.2) is 28.1 Å².